The molecule has 0 fully saturated rings. The van der Waals surface area contributed by atoms with E-state index in [1.54, 1.807) is 24.3 Å². The standard InChI is InChI=1S/C16H15BrFNO3/c1-3-22-14-7-4-10(8-15(14)21-2)16(20)19-13-6-5-11(17)9-12(13)18/h4-9H,3H2,1-2H3,(H,19,20). The quantitative estimate of drug-likeness (QED) is 0.859. The van der Waals surface area contributed by atoms with Gasteiger partial charge in [-0.15, -0.1) is 0 Å². The van der Waals surface area contributed by atoms with Crippen molar-refractivity contribution in [2.45, 2.75) is 6.92 Å². The molecule has 0 aromatic heterocycles. The molecule has 0 atom stereocenters. The normalized spacial score (nSPS) is 10.2. The monoisotopic (exact) mass is 367 g/mol. The summed E-state index contributed by atoms with van der Waals surface area (Å²) in [6, 6.07) is 9.22. The molecular weight excluding hydrogens is 353 g/mol. The largest absolute Gasteiger partial charge is 0.493 e. The zero-order valence-corrected chi connectivity index (χ0v) is 13.7. The number of carbonyl (C=O) groups excluding carboxylic acids is 1. The van der Waals surface area contributed by atoms with E-state index in [4.69, 9.17) is 9.47 Å². The van der Waals surface area contributed by atoms with Crippen molar-refractivity contribution in [2.24, 2.45) is 0 Å². The molecule has 2 aromatic carbocycles. The molecule has 116 valence electrons. The van der Waals surface area contributed by atoms with Gasteiger partial charge in [0.1, 0.15) is 5.82 Å². The summed E-state index contributed by atoms with van der Waals surface area (Å²) in [4.78, 5) is 12.2. The Hall–Kier alpha value is -2.08. The number of hydrogen-bond acceptors (Lipinski definition) is 3. The highest BCUT2D eigenvalue weighted by molar-refractivity contribution is 9.10. The molecule has 22 heavy (non-hydrogen) atoms. The van der Waals surface area contributed by atoms with Crippen molar-refractivity contribution in [3.63, 3.8) is 0 Å². The second-order valence-corrected chi connectivity index (χ2v) is 5.29. The lowest BCUT2D eigenvalue weighted by molar-refractivity contribution is 0.102. The number of amides is 1. The second-order valence-electron chi connectivity index (χ2n) is 4.38. The molecule has 0 radical (unpaired) electrons. The molecule has 0 heterocycles. The van der Waals surface area contributed by atoms with Crippen LogP contribution in [0, 0.1) is 5.82 Å². The van der Waals surface area contributed by atoms with Crippen molar-refractivity contribution < 1.29 is 18.7 Å². The molecule has 0 spiro atoms. The number of anilines is 1. The van der Waals surface area contributed by atoms with Gasteiger partial charge in [0.2, 0.25) is 0 Å². The molecule has 1 N–H and O–H groups in total. The van der Waals surface area contributed by atoms with Gasteiger partial charge >= 0.3 is 0 Å². The van der Waals surface area contributed by atoms with Crippen LogP contribution in [0.5, 0.6) is 11.5 Å². The molecule has 4 nitrogen and oxygen atoms in total. The predicted octanol–water partition coefficient (Wildman–Crippen LogP) is 4.25. The Labute approximate surface area is 136 Å². The third kappa shape index (κ3) is 3.76. The Morgan fingerprint density at radius 3 is 2.64 bits per heavy atom. The summed E-state index contributed by atoms with van der Waals surface area (Å²) < 4.78 is 24.9. The maximum atomic E-state index is 13.7. The maximum absolute atomic E-state index is 13.7. The van der Waals surface area contributed by atoms with Gasteiger partial charge in [-0.3, -0.25) is 4.79 Å². The fourth-order valence-electron chi connectivity index (χ4n) is 1.87. The molecule has 0 saturated carbocycles. The zero-order chi connectivity index (χ0) is 16.1. The maximum Gasteiger partial charge on any atom is 0.255 e. The number of methoxy groups -OCH3 is 1. The Balaban J connectivity index is 2.22. The molecule has 0 bridgehead atoms. The van der Waals surface area contributed by atoms with Crippen molar-refractivity contribution >= 4 is 27.5 Å². The Morgan fingerprint density at radius 1 is 1.23 bits per heavy atom. The summed E-state index contributed by atoms with van der Waals surface area (Å²) in [6.07, 6.45) is 0. The van der Waals surface area contributed by atoms with Gasteiger partial charge in [0, 0.05) is 10.0 Å². The number of ether oxygens (including phenoxy) is 2. The van der Waals surface area contributed by atoms with Crippen LogP contribution in [-0.2, 0) is 0 Å². The number of carbonyl (C=O) groups is 1. The van der Waals surface area contributed by atoms with E-state index in [1.165, 1.54) is 19.2 Å². The molecule has 2 rings (SSSR count). The van der Waals surface area contributed by atoms with Crippen LogP contribution < -0.4 is 14.8 Å². The molecule has 0 unspecified atom stereocenters. The van der Waals surface area contributed by atoms with Crippen LogP contribution in [0.2, 0.25) is 0 Å². The minimum absolute atomic E-state index is 0.112. The summed E-state index contributed by atoms with van der Waals surface area (Å²) in [5, 5.41) is 2.53. The van der Waals surface area contributed by atoms with Crippen LogP contribution in [0.3, 0.4) is 0 Å². The van der Waals surface area contributed by atoms with E-state index in [2.05, 4.69) is 21.2 Å². The third-order valence-electron chi connectivity index (χ3n) is 2.90. The number of benzene rings is 2. The molecule has 0 saturated heterocycles. The third-order valence-corrected chi connectivity index (χ3v) is 3.40. The van der Waals surface area contributed by atoms with E-state index in [0.717, 1.165) is 0 Å². The molecule has 0 aliphatic heterocycles. The summed E-state index contributed by atoms with van der Waals surface area (Å²) >= 11 is 3.17. The predicted molar refractivity (Wildman–Crippen MR) is 86.2 cm³/mol. The van der Waals surface area contributed by atoms with Gasteiger partial charge in [-0.25, -0.2) is 4.39 Å². The first-order valence-corrected chi connectivity index (χ1v) is 7.41. The average molecular weight is 368 g/mol. The van der Waals surface area contributed by atoms with E-state index in [1.807, 2.05) is 6.92 Å². The van der Waals surface area contributed by atoms with Crippen LogP contribution in [0.25, 0.3) is 0 Å². The highest BCUT2D eigenvalue weighted by Crippen LogP contribution is 2.28. The topological polar surface area (TPSA) is 47.6 Å². The van der Waals surface area contributed by atoms with Crippen molar-refractivity contribution in [1.82, 2.24) is 0 Å². The first-order valence-electron chi connectivity index (χ1n) is 6.62. The van der Waals surface area contributed by atoms with Crippen LogP contribution in [0.4, 0.5) is 10.1 Å². The lowest BCUT2D eigenvalue weighted by Gasteiger charge is -2.11. The van der Waals surface area contributed by atoms with Gasteiger partial charge in [0.05, 0.1) is 19.4 Å². The minimum atomic E-state index is -0.513. The van der Waals surface area contributed by atoms with Crippen molar-refractivity contribution in [2.75, 3.05) is 19.0 Å². The molecular formula is C16H15BrFNO3. The van der Waals surface area contributed by atoms with E-state index in [9.17, 15) is 9.18 Å². The van der Waals surface area contributed by atoms with Crippen LogP contribution >= 0.6 is 15.9 Å². The van der Waals surface area contributed by atoms with Crippen molar-refractivity contribution in [3.05, 3.63) is 52.3 Å². The summed E-state index contributed by atoms with van der Waals surface area (Å²) in [7, 11) is 1.49. The fourth-order valence-corrected chi connectivity index (χ4v) is 2.20. The first-order chi connectivity index (χ1) is 10.5. The second kappa shape index (κ2) is 7.26. The Morgan fingerprint density at radius 2 is 2.00 bits per heavy atom. The number of rotatable bonds is 5. The molecule has 0 aliphatic rings. The van der Waals surface area contributed by atoms with Crippen LogP contribution in [0.1, 0.15) is 17.3 Å². The van der Waals surface area contributed by atoms with E-state index >= 15 is 0 Å². The molecule has 2 aromatic rings. The minimum Gasteiger partial charge on any atom is -0.493 e. The molecule has 1 amide bonds. The summed E-state index contributed by atoms with van der Waals surface area (Å²) in [5.41, 5.74) is 0.462. The van der Waals surface area contributed by atoms with Gasteiger partial charge in [0.15, 0.2) is 11.5 Å². The van der Waals surface area contributed by atoms with Gasteiger partial charge in [-0.1, -0.05) is 15.9 Å². The highest BCUT2D eigenvalue weighted by Gasteiger charge is 2.13. The number of halogens is 2. The van der Waals surface area contributed by atoms with E-state index < -0.39 is 11.7 Å². The molecule has 6 heteroatoms. The van der Waals surface area contributed by atoms with Crippen molar-refractivity contribution in [1.29, 1.82) is 0 Å². The van der Waals surface area contributed by atoms with Gasteiger partial charge in [0.25, 0.3) is 5.91 Å². The van der Waals surface area contributed by atoms with Crippen LogP contribution in [0.15, 0.2) is 40.9 Å². The van der Waals surface area contributed by atoms with Crippen molar-refractivity contribution in [3.8, 4) is 11.5 Å². The van der Waals surface area contributed by atoms with E-state index in [-0.39, 0.29) is 5.69 Å². The summed E-state index contributed by atoms with van der Waals surface area (Å²) in [5.74, 6) is 0.0605. The smallest absolute Gasteiger partial charge is 0.255 e. The number of hydrogen-bond donors (Lipinski definition) is 1. The first kappa shape index (κ1) is 16.3. The lowest BCUT2D eigenvalue weighted by atomic mass is 10.1. The SMILES string of the molecule is CCOc1ccc(C(=O)Nc2ccc(Br)cc2F)cc1OC. The van der Waals surface area contributed by atoms with Gasteiger partial charge in [-0.05, 0) is 43.3 Å². The molecule has 0 aliphatic carbocycles. The highest BCUT2D eigenvalue weighted by atomic mass is 79.9. The number of nitrogens with one attached hydrogen (secondary N) is 1. The van der Waals surface area contributed by atoms with Gasteiger partial charge in [-0.2, -0.15) is 0 Å². The Bertz CT molecular complexity index is 691. The lowest BCUT2D eigenvalue weighted by Crippen LogP contribution is -2.13. The zero-order valence-electron chi connectivity index (χ0n) is 12.2. The van der Waals surface area contributed by atoms with Crippen LogP contribution in [-0.4, -0.2) is 19.6 Å². The fraction of sp³-hybridized carbons (Fsp3) is 0.188. The summed E-state index contributed by atoms with van der Waals surface area (Å²) in [6.45, 7) is 2.35. The van der Waals surface area contributed by atoms with E-state index in [0.29, 0.717) is 28.1 Å². The van der Waals surface area contributed by atoms with Gasteiger partial charge < -0.3 is 14.8 Å². The Kier molecular flexibility index (Phi) is 5.38. The average Bonchev–Trinajstić information content (AvgIpc) is 2.50.